The van der Waals surface area contributed by atoms with E-state index in [0.29, 0.717) is 11.3 Å². The maximum atomic E-state index is 13.8. The van der Waals surface area contributed by atoms with E-state index in [9.17, 15) is 4.79 Å². The van der Waals surface area contributed by atoms with Crippen LogP contribution in [0.3, 0.4) is 0 Å². The average molecular weight is 678 g/mol. The van der Waals surface area contributed by atoms with E-state index in [2.05, 4.69) is 134 Å². The van der Waals surface area contributed by atoms with Gasteiger partial charge < -0.3 is 0 Å². The molecule has 0 fully saturated rings. The van der Waals surface area contributed by atoms with Crippen molar-refractivity contribution in [3.63, 3.8) is 0 Å². The summed E-state index contributed by atoms with van der Waals surface area (Å²) >= 11 is -0.200. The van der Waals surface area contributed by atoms with E-state index >= 15 is 0 Å². The van der Waals surface area contributed by atoms with E-state index in [4.69, 9.17) is 8.85 Å². The van der Waals surface area contributed by atoms with E-state index < -0.39 is 16.6 Å². The third kappa shape index (κ3) is 7.90. The first kappa shape index (κ1) is 33.7. The predicted molar refractivity (Wildman–Crippen MR) is 188 cm³/mol. The van der Waals surface area contributed by atoms with Gasteiger partial charge in [-0.25, -0.2) is 0 Å². The van der Waals surface area contributed by atoms with E-state index in [1.54, 1.807) is 0 Å². The van der Waals surface area contributed by atoms with Crippen molar-refractivity contribution in [1.29, 1.82) is 0 Å². The summed E-state index contributed by atoms with van der Waals surface area (Å²) in [4.78, 5) is 13.8. The van der Waals surface area contributed by atoms with Crippen LogP contribution in [0.5, 0.6) is 0 Å². The number of rotatable bonds is 11. The molecule has 1 aliphatic rings. The van der Waals surface area contributed by atoms with Crippen molar-refractivity contribution >= 4 is 51.1 Å². The number of hydrogen-bond acceptors (Lipinski definition) is 3. The summed E-state index contributed by atoms with van der Waals surface area (Å²) in [5.41, 5.74) is 0. The van der Waals surface area contributed by atoms with E-state index in [0.717, 1.165) is 29.5 Å². The Labute approximate surface area is 268 Å². The number of benzene rings is 3. The van der Waals surface area contributed by atoms with Crippen LogP contribution < -0.4 is 14.8 Å². The Kier molecular flexibility index (Phi) is 10.8. The molecule has 43 heavy (non-hydrogen) atoms. The molecule has 0 aromatic heterocycles. The van der Waals surface area contributed by atoms with Crippen LogP contribution in [0, 0.1) is 11.8 Å². The molecule has 0 heterocycles. The standard InChI is InChI=1S/C37H50O3SeSi2/c1-36(2,3)42(7,8)40-30-24-25-34(35(38)41-31-18-12-9-13-19-31)29(28-30)26-27-39-43(37(4,5)6,32-20-14-10-15-21-32)33-22-16-11-17-23-33/h9-23,28-29,34H,24-27H2,1-8H3/t29-,34?/m1/s1. The number of carbonyl (C=O) groups excluding carboxylic acids is 1. The molecule has 0 amide bonds. The van der Waals surface area contributed by atoms with Crippen molar-refractivity contribution in [1.82, 2.24) is 0 Å². The van der Waals surface area contributed by atoms with Crippen LogP contribution in [0.2, 0.25) is 23.2 Å². The Hall–Kier alpha value is -2.22. The topological polar surface area (TPSA) is 35.5 Å². The van der Waals surface area contributed by atoms with Gasteiger partial charge in [0.05, 0.1) is 0 Å². The zero-order valence-electron chi connectivity index (χ0n) is 27.4. The molecule has 1 aliphatic carbocycles. The van der Waals surface area contributed by atoms with E-state index in [1.807, 2.05) is 18.2 Å². The van der Waals surface area contributed by atoms with Crippen molar-refractivity contribution in [3.8, 4) is 0 Å². The molecule has 3 aromatic rings. The normalized spacial score (nSPS) is 18.2. The van der Waals surface area contributed by atoms with Gasteiger partial charge in [-0.05, 0) is 0 Å². The van der Waals surface area contributed by atoms with Crippen LogP contribution in [0.15, 0.2) is 103 Å². The van der Waals surface area contributed by atoms with Gasteiger partial charge in [0.2, 0.25) is 0 Å². The van der Waals surface area contributed by atoms with Gasteiger partial charge >= 0.3 is 270 Å². The molecule has 1 unspecified atom stereocenters. The molecular formula is C37H50O3SeSi2. The first-order chi connectivity index (χ1) is 20.2. The van der Waals surface area contributed by atoms with Crippen LogP contribution in [0.1, 0.15) is 60.8 Å². The molecule has 230 valence electrons. The molecule has 3 nitrogen and oxygen atoms in total. The maximum absolute atomic E-state index is 13.8. The van der Waals surface area contributed by atoms with Crippen LogP contribution in [-0.4, -0.2) is 42.9 Å². The van der Waals surface area contributed by atoms with E-state index in [-0.39, 0.29) is 36.9 Å². The van der Waals surface area contributed by atoms with Gasteiger partial charge in [0.1, 0.15) is 0 Å². The van der Waals surface area contributed by atoms with Gasteiger partial charge in [0, 0.05) is 0 Å². The molecule has 0 saturated carbocycles. The second-order valence-corrected chi connectivity index (χ2v) is 25.6. The SMILES string of the molecule is CC(C)(C)[Si](C)(C)OC1=C[C@@H](CCO[Si](c2ccccc2)(c2ccccc2)C(C)(C)C)C(C(=O)[Se]c2ccccc2)CC1. The second kappa shape index (κ2) is 13.8. The molecule has 3 aromatic carbocycles. The van der Waals surface area contributed by atoms with Crippen LogP contribution in [0.25, 0.3) is 0 Å². The van der Waals surface area contributed by atoms with Crippen molar-refractivity contribution in [3.05, 3.63) is 103 Å². The van der Waals surface area contributed by atoms with Crippen LogP contribution in [0.4, 0.5) is 0 Å². The minimum atomic E-state index is -2.65. The molecule has 4 rings (SSSR count). The van der Waals surface area contributed by atoms with Crippen molar-refractivity contribution in [2.24, 2.45) is 11.8 Å². The Morgan fingerprint density at radius 1 is 0.791 bits per heavy atom. The summed E-state index contributed by atoms with van der Waals surface area (Å²) in [7, 11) is -4.63. The molecule has 0 radical (unpaired) electrons. The number of hydrogen-bond donors (Lipinski definition) is 0. The Balaban J connectivity index is 1.65. The van der Waals surface area contributed by atoms with Gasteiger partial charge in [-0.15, -0.1) is 0 Å². The Morgan fingerprint density at radius 2 is 1.30 bits per heavy atom. The molecule has 0 bridgehead atoms. The molecule has 2 atom stereocenters. The zero-order valence-corrected chi connectivity index (χ0v) is 31.1. The molecule has 0 saturated heterocycles. The average Bonchev–Trinajstić information content (AvgIpc) is 2.95. The fourth-order valence-electron chi connectivity index (χ4n) is 5.88. The molecule has 0 aliphatic heterocycles. The summed E-state index contributed by atoms with van der Waals surface area (Å²) < 4.78 is 15.6. The first-order valence-electron chi connectivity index (χ1n) is 15.7. The summed E-state index contributed by atoms with van der Waals surface area (Å²) in [6.45, 7) is 19.0. The quantitative estimate of drug-likeness (QED) is 0.198. The summed E-state index contributed by atoms with van der Waals surface area (Å²) in [5, 5.41) is 2.61. The Bertz CT molecular complexity index is 1320. The van der Waals surface area contributed by atoms with Crippen LogP contribution >= 0.6 is 0 Å². The van der Waals surface area contributed by atoms with Crippen molar-refractivity contribution in [2.75, 3.05) is 6.61 Å². The van der Waals surface area contributed by atoms with Gasteiger partial charge in [-0.2, -0.15) is 0 Å². The fraction of sp³-hybridized carbons (Fsp3) is 0.432. The molecule has 0 spiro atoms. The van der Waals surface area contributed by atoms with Gasteiger partial charge in [-0.1, -0.05) is 0 Å². The van der Waals surface area contributed by atoms with Gasteiger partial charge in [0.25, 0.3) is 0 Å². The second-order valence-electron chi connectivity index (χ2n) is 14.3. The van der Waals surface area contributed by atoms with Crippen molar-refractivity contribution < 1.29 is 13.6 Å². The van der Waals surface area contributed by atoms with Gasteiger partial charge in [-0.3, -0.25) is 0 Å². The summed E-state index contributed by atoms with van der Waals surface area (Å²) in [6.07, 6.45) is 4.79. The fourth-order valence-corrected chi connectivity index (χ4v) is 13.6. The Morgan fingerprint density at radius 3 is 1.79 bits per heavy atom. The van der Waals surface area contributed by atoms with E-state index in [1.165, 1.54) is 10.4 Å². The third-order valence-electron chi connectivity index (χ3n) is 9.26. The zero-order chi connectivity index (χ0) is 31.3. The first-order valence-corrected chi connectivity index (χ1v) is 22.2. The number of carbonyl (C=O) groups is 1. The van der Waals surface area contributed by atoms with Crippen LogP contribution in [-0.2, 0) is 13.6 Å². The molecule has 6 heteroatoms. The predicted octanol–water partition coefficient (Wildman–Crippen LogP) is 7.44. The third-order valence-corrected chi connectivity index (χ3v) is 20.8. The number of allylic oxidation sites excluding steroid dienone is 2. The minimum absolute atomic E-state index is 0.00488. The van der Waals surface area contributed by atoms with Crippen molar-refractivity contribution in [2.45, 2.75) is 84.0 Å². The summed E-state index contributed by atoms with van der Waals surface area (Å²) in [6, 6.07) is 31.9. The molecule has 0 N–H and O–H groups in total. The molecular weight excluding hydrogens is 628 g/mol. The van der Waals surface area contributed by atoms with Gasteiger partial charge in [0.15, 0.2) is 0 Å². The monoisotopic (exact) mass is 678 g/mol. The summed E-state index contributed by atoms with van der Waals surface area (Å²) in [5.74, 6) is 1.18.